The van der Waals surface area contributed by atoms with Crippen molar-refractivity contribution in [2.45, 2.75) is 32.4 Å². The van der Waals surface area contributed by atoms with Gasteiger partial charge in [0.15, 0.2) is 0 Å². The maximum atomic E-state index is 8.62. The van der Waals surface area contributed by atoms with E-state index in [9.17, 15) is 0 Å². The normalized spacial score (nSPS) is 16.8. The van der Waals surface area contributed by atoms with Gasteiger partial charge in [0, 0.05) is 18.6 Å². The maximum Gasteiger partial charge on any atom is 0.0581 e. The lowest BCUT2D eigenvalue weighted by Gasteiger charge is -2.13. The first-order valence-electron chi connectivity index (χ1n) is 3.80. The Labute approximate surface area is 62.6 Å². The van der Waals surface area contributed by atoms with Crippen LogP contribution in [0, 0.1) is 0 Å². The van der Waals surface area contributed by atoms with Gasteiger partial charge in [0.2, 0.25) is 0 Å². The molecule has 0 aromatic carbocycles. The molecule has 4 N–H and O–H groups in total. The van der Waals surface area contributed by atoms with Crippen molar-refractivity contribution in [3.8, 4) is 0 Å². The monoisotopic (exact) mass is 146 g/mol. The van der Waals surface area contributed by atoms with Crippen LogP contribution < -0.4 is 11.1 Å². The third kappa shape index (κ3) is 4.73. The number of nitrogens with two attached hydrogens (primary N) is 1. The molecule has 3 heteroatoms. The van der Waals surface area contributed by atoms with E-state index in [-0.39, 0.29) is 18.7 Å². The number of nitrogens with one attached hydrogen (secondary N) is 1. The summed E-state index contributed by atoms with van der Waals surface area (Å²) >= 11 is 0. The Kier molecular flexibility index (Phi) is 5.58. The van der Waals surface area contributed by atoms with E-state index in [1.165, 1.54) is 0 Å². The Morgan fingerprint density at radius 1 is 1.60 bits per heavy atom. The van der Waals surface area contributed by atoms with Gasteiger partial charge in [-0.25, -0.2) is 0 Å². The van der Waals surface area contributed by atoms with Crippen LogP contribution in [0.4, 0.5) is 0 Å². The number of aliphatic hydroxyl groups excluding tert-OH is 1. The summed E-state index contributed by atoms with van der Waals surface area (Å²) in [5.74, 6) is 0. The van der Waals surface area contributed by atoms with E-state index in [1.807, 2.05) is 6.92 Å². The van der Waals surface area contributed by atoms with Gasteiger partial charge in [0.1, 0.15) is 0 Å². The van der Waals surface area contributed by atoms with Crippen molar-refractivity contribution in [3.63, 3.8) is 0 Å². The molecule has 0 saturated carbocycles. The average molecular weight is 146 g/mol. The first-order valence-corrected chi connectivity index (χ1v) is 3.80. The van der Waals surface area contributed by atoms with Gasteiger partial charge in [0.25, 0.3) is 0 Å². The van der Waals surface area contributed by atoms with E-state index < -0.39 is 0 Å². The van der Waals surface area contributed by atoms with Crippen LogP contribution in [0.25, 0.3) is 0 Å². The van der Waals surface area contributed by atoms with E-state index in [2.05, 4.69) is 12.2 Å². The standard InChI is InChI=1S/C7H18N2O/c1-3-7(8)4-9-6(2)5-10/h6-7,9-10H,3-5,8H2,1-2H3. The van der Waals surface area contributed by atoms with E-state index in [0.29, 0.717) is 0 Å². The van der Waals surface area contributed by atoms with Crippen LogP contribution >= 0.6 is 0 Å². The van der Waals surface area contributed by atoms with Crippen molar-refractivity contribution < 1.29 is 5.11 Å². The van der Waals surface area contributed by atoms with Crippen molar-refractivity contribution in [3.05, 3.63) is 0 Å². The largest absolute Gasteiger partial charge is 0.395 e. The van der Waals surface area contributed by atoms with Crippen LogP contribution in [-0.2, 0) is 0 Å². The molecule has 62 valence electrons. The second kappa shape index (κ2) is 5.65. The van der Waals surface area contributed by atoms with Crippen LogP contribution in [0.5, 0.6) is 0 Å². The number of aliphatic hydroxyl groups is 1. The van der Waals surface area contributed by atoms with E-state index in [0.717, 1.165) is 13.0 Å². The van der Waals surface area contributed by atoms with Crippen LogP contribution in [0.1, 0.15) is 20.3 Å². The van der Waals surface area contributed by atoms with E-state index in [1.54, 1.807) is 0 Å². The summed E-state index contributed by atoms with van der Waals surface area (Å²) in [4.78, 5) is 0. The molecular weight excluding hydrogens is 128 g/mol. The van der Waals surface area contributed by atoms with E-state index in [4.69, 9.17) is 10.8 Å². The second-order valence-corrected chi connectivity index (χ2v) is 2.66. The zero-order valence-electron chi connectivity index (χ0n) is 6.80. The van der Waals surface area contributed by atoms with Gasteiger partial charge in [-0.3, -0.25) is 0 Å². The molecule has 0 fully saturated rings. The minimum Gasteiger partial charge on any atom is -0.395 e. The van der Waals surface area contributed by atoms with Crippen LogP contribution in [-0.4, -0.2) is 30.3 Å². The number of rotatable bonds is 5. The first-order chi connectivity index (χ1) is 4.70. The zero-order valence-corrected chi connectivity index (χ0v) is 6.80. The summed E-state index contributed by atoms with van der Waals surface area (Å²) in [7, 11) is 0. The smallest absolute Gasteiger partial charge is 0.0581 e. The Morgan fingerprint density at radius 2 is 2.20 bits per heavy atom. The summed E-state index contributed by atoms with van der Waals surface area (Å²) < 4.78 is 0. The Morgan fingerprint density at radius 3 is 2.60 bits per heavy atom. The van der Waals surface area contributed by atoms with Crippen LogP contribution in [0.2, 0.25) is 0 Å². The molecule has 0 radical (unpaired) electrons. The highest BCUT2D eigenvalue weighted by Gasteiger charge is 2.01. The number of hydrogen-bond acceptors (Lipinski definition) is 3. The molecule has 0 aliphatic carbocycles. The summed E-state index contributed by atoms with van der Waals surface area (Å²) in [6, 6.07) is 0.381. The van der Waals surface area contributed by atoms with Gasteiger partial charge >= 0.3 is 0 Å². The van der Waals surface area contributed by atoms with Crippen molar-refractivity contribution in [2.75, 3.05) is 13.2 Å². The minimum absolute atomic E-state index is 0.164. The van der Waals surface area contributed by atoms with Gasteiger partial charge in [0.05, 0.1) is 6.61 Å². The fourth-order valence-electron chi connectivity index (χ4n) is 0.561. The van der Waals surface area contributed by atoms with Gasteiger partial charge in [-0.15, -0.1) is 0 Å². The lowest BCUT2D eigenvalue weighted by Crippen LogP contribution is -2.39. The van der Waals surface area contributed by atoms with Crippen molar-refractivity contribution >= 4 is 0 Å². The highest BCUT2D eigenvalue weighted by molar-refractivity contribution is 4.65. The predicted molar refractivity (Wildman–Crippen MR) is 42.8 cm³/mol. The summed E-state index contributed by atoms with van der Waals surface area (Å²) in [6.45, 7) is 4.95. The Hall–Kier alpha value is -0.120. The molecule has 0 aliphatic rings. The lowest BCUT2D eigenvalue weighted by atomic mass is 10.2. The van der Waals surface area contributed by atoms with Crippen molar-refractivity contribution in [1.29, 1.82) is 0 Å². The van der Waals surface area contributed by atoms with Gasteiger partial charge < -0.3 is 16.2 Å². The van der Waals surface area contributed by atoms with Crippen LogP contribution in [0.15, 0.2) is 0 Å². The molecule has 0 bridgehead atoms. The highest BCUT2D eigenvalue weighted by Crippen LogP contribution is 1.84. The van der Waals surface area contributed by atoms with E-state index >= 15 is 0 Å². The van der Waals surface area contributed by atoms with Crippen molar-refractivity contribution in [1.82, 2.24) is 5.32 Å². The molecule has 0 aromatic heterocycles. The average Bonchev–Trinajstić information content (AvgIpc) is 1.99. The summed E-state index contributed by atoms with van der Waals surface area (Å²) in [6.07, 6.45) is 0.977. The molecule has 0 spiro atoms. The van der Waals surface area contributed by atoms with Crippen molar-refractivity contribution in [2.24, 2.45) is 5.73 Å². The van der Waals surface area contributed by atoms with Gasteiger partial charge in [-0.2, -0.15) is 0 Å². The highest BCUT2D eigenvalue weighted by atomic mass is 16.3. The molecule has 2 atom stereocenters. The first kappa shape index (κ1) is 9.88. The number of hydrogen-bond donors (Lipinski definition) is 3. The molecule has 0 saturated heterocycles. The third-order valence-electron chi connectivity index (χ3n) is 1.53. The zero-order chi connectivity index (χ0) is 7.98. The Bertz CT molecular complexity index is 68.0. The van der Waals surface area contributed by atoms with Gasteiger partial charge in [-0.05, 0) is 13.3 Å². The quantitative estimate of drug-likeness (QED) is 0.499. The van der Waals surface area contributed by atoms with Gasteiger partial charge in [-0.1, -0.05) is 6.92 Å². The molecular formula is C7H18N2O. The minimum atomic E-state index is 0.164. The third-order valence-corrected chi connectivity index (χ3v) is 1.53. The topological polar surface area (TPSA) is 58.3 Å². The SMILES string of the molecule is CCC(N)CNC(C)CO. The lowest BCUT2D eigenvalue weighted by molar-refractivity contribution is 0.249. The molecule has 0 heterocycles. The molecule has 2 unspecified atom stereocenters. The fourth-order valence-corrected chi connectivity index (χ4v) is 0.561. The second-order valence-electron chi connectivity index (χ2n) is 2.66. The molecule has 0 aliphatic heterocycles. The molecule has 10 heavy (non-hydrogen) atoms. The Balaban J connectivity index is 3.17. The summed E-state index contributed by atoms with van der Waals surface area (Å²) in [5, 5.41) is 11.7. The molecule has 0 amide bonds. The maximum absolute atomic E-state index is 8.62. The van der Waals surface area contributed by atoms with Crippen LogP contribution in [0.3, 0.4) is 0 Å². The molecule has 3 nitrogen and oxygen atoms in total. The summed E-state index contributed by atoms with van der Waals surface area (Å²) in [5.41, 5.74) is 5.63. The fraction of sp³-hybridized carbons (Fsp3) is 1.00. The predicted octanol–water partition coefficient (Wildman–Crippen LogP) is -0.306. The molecule has 0 aromatic rings. The molecule has 0 rings (SSSR count).